The number of hydrogen-bond donors (Lipinski definition) is 1. The molecule has 0 radical (unpaired) electrons. The molecule has 2 aromatic rings. The summed E-state index contributed by atoms with van der Waals surface area (Å²) in [6.07, 6.45) is 3.46. The van der Waals surface area contributed by atoms with Gasteiger partial charge >= 0.3 is 0 Å². The molecule has 15 heavy (non-hydrogen) atoms. The quantitative estimate of drug-likeness (QED) is 0.829. The molecule has 76 valence electrons. The van der Waals surface area contributed by atoms with Crippen molar-refractivity contribution in [2.45, 2.75) is 6.92 Å². The third-order valence-corrected chi connectivity index (χ3v) is 3.23. The lowest BCUT2D eigenvalue weighted by atomic mass is 10.0. The Bertz CT molecular complexity index is 488. The van der Waals surface area contributed by atoms with Crippen molar-refractivity contribution < 1.29 is 4.79 Å². The maximum absolute atomic E-state index is 12.0. The Balaban J connectivity index is 2.47. The van der Waals surface area contributed by atoms with Gasteiger partial charge in [-0.15, -0.1) is 0 Å². The second kappa shape index (κ2) is 4.03. The van der Waals surface area contributed by atoms with Crippen molar-refractivity contribution in [1.82, 2.24) is 4.98 Å². The molecule has 0 saturated carbocycles. The first-order valence-corrected chi connectivity index (χ1v) is 5.42. The van der Waals surface area contributed by atoms with Gasteiger partial charge in [-0.2, -0.15) is 0 Å². The van der Waals surface area contributed by atoms with Gasteiger partial charge in [0.1, 0.15) is 0 Å². The molecule has 2 rings (SSSR count). The van der Waals surface area contributed by atoms with Crippen molar-refractivity contribution >= 4 is 21.7 Å². The minimum absolute atomic E-state index is 0.0510. The topological polar surface area (TPSA) is 32.9 Å². The molecular weight excluding hydrogens is 254 g/mol. The summed E-state index contributed by atoms with van der Waals surface area (Å²) in [5, 5.41) is 0. The molecule has 2 nitrogen and oxygen atoms in total. The largest absolute Gasteiger partial charge is 0.367 e. The highest BCUT2D eigenvalue weighted by atomic mass is 79.9. The molecule has 3 heteroatoms. The summed E-state index contributed by atoms with van der Waals surface area (Å²) in [5.74, 6) is 0.0510. The number of carbonyl (C=O) groups is 1. The molecule has 0 saturated heterocycles. The van der Waals surface area contributed by atoms with Gasteiger partial charge < -0.3 is 4.98 Å². The molecule has 0 atom stereocenters. The zero-order valence-electron chi connectivity index (χ0n) is 8.25. The fourth-order valence-corrected chi connectivity index (χ4v) is 1.84. The van der Waals surface area contributed by atoms with Crippen molar-refractivity contribution in [2.24, 2.45) is 0 Å². The SMILES string of the molecule is Cc1c(Br)cccc1C(=O)c1cc[nH]c1. The van der Waals surface area contributed by atoms with Gasteiger partial charge in [-0.1, -0.05) is 28.1 Å². The Morgan fingerprint density at radius 1 is 1.33 bits per heavy atom. The maximum atomic E-state index is 12.0. The van der Waals surface area contributed by atoms with Crippen LogP contribution in [-0.2, 0) is 0 Å². The fraction of sp³-hybridized carbons (Fsp3) is 0.0833. The highest BCUT2D eigenvalue weighted by molar-refractivity contribution is 9.10. The van der Waals surface area contributed by atoms with E-state index in [1.54, 1.807) is 18.5 Å². The summed E-state index contributed by atoms with van der Waals surface area (Å²) in [7, 11) is 0. The number of H-pyrrole nitrogens is 1. The lowest BCUT2D eigenvalue weighted by molar-refractivity contribution is 0.103. The van der Waals surface area contributed by atoms with E-state index in [0.29, 0.717) is 5.56 Å². The van der Waals surface area contributed by atoms with E-state index in [9.17, 15) is 4.79 Å². The van der Waals surface area contributed by atoms with Gasteiger partial charge in [0.25, 0.3) is 0 Å². The highest BCUT2D eigenvalue weighted by Gasteiger charge is 2.12. The van der Waals surface area contributed by atoms with Gasteiger partial charge in [-0.3, -0.25) is 4.79 Å². The van der Waals surface area contributed by atoms with E-state index in [1.165, 1.54) is 0 Å². The maximum Gasteiger partial charge on any atom is 0.194 e. The second-order valence-electron chi connectivity index (χ2n) is 3.34. The zero-order chi connectivity index (χ0) is 10.8. The summed E-state index contributed by atoms with van der Waals surface area (Å²) in [6.45, 7) is 1.93. The average molecular weight is 264 g/mol. The summed E-state index contributed by atoms with van der Waals surface area (Å²) >= 11 is 3.42. The van der Waals surface area contributed by atoms with E-state index in [0.717, 1.165) is 15.6 Å². The van der Waals surface area contributed by atoms with Gasteiger partial charge in [0.05, 0.1) is 0 Å². The molecule has 1 heterocycles. The third kappa shape index (κ3) is 1.88. The minimum Gasteiger partial charge on any atom is -0.367 e. The predicted molar refractivity (Wildman–Crippen MR) is 63.1 cm³/mol. The number of aromatic amines is 1. The molecule has 0 amide bonds. The van der Waals surface area contributed by atoms with Crippen LogP contribution >= 0.6 is 15.9 Å². The van der Waals surface area contributed by atoms with Crippen LogP contribution in [0.5, 0.6) is 0 Å². The van der Waals surface area contributed by atoms with Gasteiger partial charge in [0, 0.05) is 28.0 Å². The summed E-state index contributed by atoms with van der Waals surface area (Å²) in [5.41, 5.74) is 2.41. The minimum atomic E-state index is 0.0510. The van der Waals surface area contributed by atoms with Gasteiger partial charge in [-0.25, -0.2) is 0 Å². The van der Waals surface area contributed by atoms with Crippen molar-refractivity contribution in [2.75, 3.05) is 0 Å². The number of hydrogen-bond acceptors (Lipinski definition) is 1. The Kier molecular flexibility index (Phi) is 2.73. The van der Waals surface area contributed by atoms with E-state index in [4.69, 9.17) is 0 Å². The first-order valence-electron chi connectivity index (χ1n) is 4.63. The van der Waals surface area contributed by atoms with Crippen molar-refractivity contribution in [1.29, 1.82) is 0 Å². The normalized spacial score (nSPS) is 10.3. The van der Waals surface area contributed by atoms with Gasteiger partial charge in [0.15, 0.2) is 5.78 Å². The van der Waals surface area contributed by atoms with E-state index >= 15 is 0 Å². The first-order chi connectivity index (χ1) is 7.20. The Morgan fingerprint density at radius 2 is 2.13 bits per heavy atom. The molecule has 0 bridgehead atoms. The zero-order valence-corrected chi connectivity index (χ0v) is 9.84. The van der Waals surface area contributed by atoms with Crippen molar-refractivity contribution in [3.8, 4) is 0 Å². The molecule has 1 N–H and O–H groups in total. The summed E-state index contributed by atoms with van der Waals surface area (Å²) < 4.78 is 0.962. The standard InChI is InChI=1S/C12H10BrNO/c1-8-10(3-2-4-11(8)13)12(15)9-5-6-14-7-9/h2-7,14H,1H3. The average Bonchev–Trinajstić information content (AvgIpc) is 2.74. The Hall–Kier alpha value is -1.35. The molecule has 0 spiro atoms. The number of benzene rings is 1. The smallest absolute Gasteiger partial charge is 0.194 e. The number of halogens is 1. The Morgan fingerprint density at radius 3 is 2.80 bits per heavy atom. The van der Waals surface area contributed by atoms with Crippen LogP contribution in [0.25, 0.3) is 0 Å². The van der Waals surface area contributed by atoms with Crippen molar-refractivity contribution in [3.63, 3.8) is 0 Å². The van der Waals surface area contributed by atoms with E-state index < -0.39 is 0 Å². The van der Waals surface area contributed by atoms with Crippen LogP contribution in [0.4, 0.5) is 0 Å². The number of ketones is 1. The van der Waals surface area contributed by atoms with E-state index in [1.807, 2.05) is 25.1 Å². The molecule has 0 aliphatic rings. The number of rotatable bonds is 2. The monoisotopic (exact) mass is 263 g/mol. The number of carbonyl (C=O) groups excluding carboxylic acids is 1. The number of aromatic nitrogens is 1. The molecule has 0 aliphatic carbocycles. The molecular formula is C12H10BrNO. The lowest BCUT2D eigenvalue weighted by Crippen LogP contribution is -2.02. The Labute approximate surface area is 96.5 Å². The third-order valence-electron chi connectivity index (χ3n) is 2.37. The van der Waals surface area contributed by atoms with E-state index in [2.05, 4.69) is 20.9 Å². The summed E-state index contributed by atoms with van der Waals surface area (Å²) in [6, 6.07) is 7.43. The van der Waals surface area contributed by atoms with Gasteiger partial charge in [0.2, 0.25) is 0 Å². The van der Waals surface area contributed by atoms with Gasteiger partial charge in [-0.05, 0) is 24.6 Å². The lowest BCUT2D eigenvalue weighted by Gasteiger charge is -2.04. The van der Waals surface area contributed by atoms with Crippen LogP contribution in [0.1, 0.15) is 21.5 Å². The van der Waals surface area contributed by atoms with Crippen LogP contribution < -0.4 is 0 Å². The molecule has 0 aliphatic heterocycles. The highest BCUT2D eigenvalue weighted by Crippen LogP contribution is 2.21. The van der Waals surface area contributed by atoms with Crippen LogP contribution in [0.3, 0.4) is 0 Å². The molecule has 1 aromatic carbocycles. The van der Waals surface area contributed by atoms with Crippen LogP contribution in [-0.4, -0.2) is 10.8 Å². The molecule has 0 fully saturated rings. The fourth-order valence-electron chi connectivity index (χ4n) is 1.47. The molecule has 1 aromatic heterocycles. The first kappa shape index (κ1) is 10.2. The molecule has 0 unspecified atom stereocenters. The van der Waals surface area contributed by atoms with E-state index in [-0.39, 0.29) is 5.78 Å². The second-order valence-corrected chi connectivity index (χ2v) is 4.20. The predicted octanol–water partition coefficient (Wildman–Crippen LogP) is 3.32. The number of nitrogens with one attached hydrogen (secondary N) is 1. The van der Waals surface area contributed by atoms with Crippen molar-refractivity contribution in [3.05, 3.63) is 57.8 Å². The van der Waals surface area contributed by atoms with Crippen LogP contribution in [0.15, 0.2) is 41.1 Å². The van der Waals surface area contributed by atoms with Crippen LogP contribution in [0, 0.1) is 6.92 Å². The van der Waals surface area contributed by atoms with Crippen LogP contribution in [0.2, 0.25) is 0 Å². The summed E-state index contributed by atoms with van der Waals surface area (Å²) in [4.78, 5) is 14.9.